The molecule has 1 saturated carbocycles. The molecule has 0 bridgehead atoms. The Hall–Kier alpha value is -0.120. The molecule has 0 radical (unpaired) electrons. The van der Waals surface area contributed by atoms with E-state index in [1.54, 1.807) is 0 Å². The summed E-state index contributed by atoms with van der Waals surface area (Å²) in [5.41, 5.74) is 0. The SMILES string of the molecule is CNC1CCC2(CC1)OCCCO2. The lowest BCUT2D eigenvalue weighted by atomic mass is 9.89. The van der Waals surface area contributed by atoms with Crippen molar-refractivity contribution in [2.45, 2.75) is 43.9 Å². The molecule has 3 nitrogen and oxygen atoms in total. The fourth-order valence-corrected chi connectivity index (χ4v) is 2.25. The molecule has 0 unspecified atom stereocenters. The summed E-state index contributed by atoms with van der Waals surface area (Å²) in [7, 11) is 2.03. The summed E-state index contributed by atoms with van der Waals surface area (Å²) in [4.78, 5) is 0. The van der Waals surface area contributed by atoms with E-state index in [4.69, 9.17) is 9.47 Å². The molecule has 0 aromatic rings. The van der Waals surface area contributed by atoms with Crippen LogP contribution in [0.1, 0.15) is 32.1 Å². The maximum absolute atomic E-state index is 5.75. The minimum absolute atomic E-state index is 0.203. The maximum Gasteiger partial charge on any atom is 0.168 e. The molecule has 0 aromatic carbocycles. The van der Waals surface area contributed by atoms with Crippen LogP contribution in [0.15, 0.2) is 0 Å². The molecule has 0 aromatic heterocycles. The molecule has 13 heavy (non-hydrogen) atoms. The largest absolute Gasteiger partial charge is 0.350 e. The summed E-state index contributed by atoms with van der Waals surface area (Å²) in [6.45, 7) is 1.76. The smallest absolute Gasteiger partial charge is 0.168 e. The molecule has 1 aliphatic carbocycles. The molecule has 2 aliphatic rings. The van der Waals surface area contributed by atoms with Gasteiger partial charge in [-0.05, 0) is 26.3 Å². The standard InChI is InChI=1S/C10H19NO2/c1-11-9-3-5-10(6-4-9)12-7-2-8-13-10/h9,11H,2-8H2,1H3. The first kappa shape index (κ1) is 9.44. The van der Waals surface area contributed by atoms with Crippen LogP contribution in [-0.4, -0.2) is 32.1 Å². The second-order valence-electron chi connectivity index (χ2n) is 4.02. The van der Waals surface area contributed by atoms with E-state index in [-0.39, 0.29) is 5.79 Å². The molecule has 1 N–H and O–H groups in total. The van der Waals surface area contributed by atoms with Crippen LogP contribution in [-0.2, 0) is 9.47 Å². The van der Waals surface area contributed by atoms with Gasteiger partial charge in [0.25, 0.3) is 0 Å². The molecule has 1 aliphatic heterocycles. The minimum atomic E-state index is -0.203. The third-order valence-electron chi connectivity index (χ3n) is 3.17. The fourth-order valence-electron chi connectivity index (χ4n) is 2.25. The first-order valence-corrected chi connectivity index (χ1v) is 5.30. The number of nitrogens with one attached hydrogen (secondary N) is 1. The van der Waals surface area contributed by atoms with Crippen molar-refractivity contribution in [2.75, 3.05) is 20.3 Å². The predicted molar refractivity (Wildman–Crippen MR) is 50.6 cm³/mol. The molecule has 1 spiro atoms. The van der Waals surface area contributed by atoms with Gasteiger partial charge in [-0.1, -0.05) is 0 Å². The highest BCUT2D eigenvalue weighted by atomic mass is 16.7. The topological polar surface area (TPSA) is 30.5 Å². The van der Waals surface area contributed by atoms with Gasteiger partial charge in [0, 0.05) is 18.9 Å². The van der Waals surface area contributed by atoms with E-state index < -0.39 is 0 Å². The van der Waals surface area contributed by atoms with Gasteiger partial charge in [0.1, 0.15) is 0 Å². The van der Waals surface area contributed by atoms with Crippen molar-refractivity contribution in [3.05, 3.63) is 0 Å². The van der Waals surface area contributed by atoms with Gasteiger partial charge in [-0.3, -0.25) is 0 Å². The molecule has 2 fully saturated rings. The Labute approximate surface area is 79.8 Å². The monoisotopic (exact) mass is 185 g/mol. The van der Waals surface area contributed by atoms with Gasteiger partial charge in [0.2, 0.25) is 0 Å². The Morgan fingerprint density at radius 2 is 1.77 bits per heavy atom. The van der Waals surface area contributed by atoms with E-state index in [1.807, 2.05) is 7.05 Å². The Kier molecular flexibility index (Phi) is 2.86. The van der Waals surface area contributed by atoms with Crippen molar-refractivity contribution in [1.29, 1.82) is 0 Å². The van der Waals surface area contributed by atoms with Crippen molar-refractivity contribution >= 4 is 0 Å². The van der Waals surface area contributed by atoms with Crippen LogP contribution in [0.4, 0.5) is 0 Å². The summed E-state index contributed by atoms with van der Waals surface area (Å²) < 4.78 is 11.5. The van der Waals surface area contributed by atoms with Gasteiger partial charge >= 0.3 is 0 Å². The fraction of sp³-hybridized carbons (Fsp3) is 1.00. The van der Waals surface area contributed by atoms with Crippen molar-refractivity contribution in [3.8, 4) is 0 Å². The molecule has 2 rings (SSSR count). The molecule has 76 valence electrons. The molecular weight excluding hydrogens is 166 g/mol. The lowest BCUT2D eigenvalue weighted by molar-refractivity contribution is -0.281. The lowest BCUT2D eigenvalue weighted by Crippen LogP contribution is -2.46. The number of hydrogen-bond donors (Lipinski definition) is 1. The van der Waals surface area contributed by atoms with E-state index in [1.165, 1.54) is 12.8 Å². The Morgan fingerprint density at radius 3 is 2.31 bits per heavy atom. The molecule has 1 heterocycles. The van der Waals surface area contributed by atoms with Gasteiger partial charge in [-0.25, -0.2) is 0 Å². The van der Waals surface area contributed by atoms with Crippen LogP contribution >= 0.6 is 0 Å². The normalized spacial score (nSPS) is 29.3. The summed E-state index contributed by atoms with van der Waals surface area (Å²) in [5.74, 6) is -0.203. The van der Waals surface area contributed by atoms with E-state index in [0.717, 1.165) is 32.5 Å². The van der Waals surface area contributed by atoms with Gasteiger partial charge in [0.05, 0.1) is 13.2 Å². The Bertz CT molecular complexity index is 156. The van der Waals surface area contributed by atoms with Crippen LogP contribution in [0.2, 0.25) is 0 Å². The zero-order valence-corrected chi connectivity index (χ0v) is 8.34. The summed E-state index contributed by atoms with van der Waals surface area (Å²) >= 11 is 0. The van der Waals surface area contributed by atoms with Crippen LogP contribution in [0.3, 0.4) is 0 Å². The van der Waals surface area contributed by atoms with Gasteiger partial charge in [-0.2, -0.15) is 0 Å². The third kappa shape index (κ3) is 2.03. The molecule has 3 heteroatoms. The molecular formula is C10H19NO2. The highest BCUT2D eigenvalue weighted by Gasteiger charge is 2.38. The zero-order valence-electron chi connectivity index (χ0n) is 8.34. The lowest BCUT2D eigenvalue weighted by Gasteiger charge is -2.42. The summed E-state index contributed by atoms with van der Waals surface area (Å²) in [6, 6.07) is 0.666. The van der Waals surface area contributed by atoms with Crippen molar-refractivity contribution in [1.82, 2.24) is 5.32 Å². The van der Waals surface area contributed by atoms with E-state index in [9.17, 15) is 0 Å². The van der Waals surface area contributed by atoms with Crippen molar-refractivity contribution in [3.63, 3.8) is 0 Å². The Morgan fingerprint density at radius 1 is 1.15 bits per heavy atom. The highest BCUT2D eigenvalue weighted by molar-refractivity contribution is 4.83. The second kappa shape index (κ2) is 3.95. The quantitative estimate of drug-likeness (QED) is 0.667. The number of hydrogen-bond acceptors (Lipinski definition) is 3. The minimum Gasteiger partial charge on any atom is -0.350 e. The number of rotatable bonds is 1. The molecule has 1 saturated heterocycles. The first-order valence-electron chi connectivity index (χ1n) is 5.30. The predicted octanol–water partition coefficient (Wildman–Crippen LogP) is 1.28. The van der Waals surface area contributed by atoms with Crippen molar-refractivity contribution < 1.29 is 9.47 Å². The molecule has 0 amide bonds. The van der Waals surface area contributed by atoms with Crippen molar-refractivity contribution in [2.24, 2.45) is 0 Å². The summed E-state index contributed by atoms with van der Waals surface area (Å²) in [6.07, 6.45) is 5.52. The Balaban J connectivity index is 1.87. The molecule has 0 atom stereocenters. The second-order valence-corrected chi connectivity index (χ2v) is 4.02. The third-order valence-corrected chi connectivity index (χ3v) is 3.17. The zero-order chi connectivity index (χ0) is 9.15. The number of ether oxygens (including phenoxy) is 2. The van der Waals surface area contributed by atoms with Gasteiger partial charge < -0.3 is 14.8 Å². The maximum atomic E-state index is 5.75. The average molecular weight is 185 g/mol. The van der Waals surface area contributed by atoms with Crippen LogP contribution in [0.25, 0.3) is 0 Å². The van der Waals surface area contributed by atoms with E-state index >= 15 is 0 Å². The first-order chi connectivity index (χ1) is 6.35. The highest BCUT2D eigenvalue weighted by Crippen LogP contribution is 2.34. The van der Waals surface area contributed by atoms with Gasteiger partial charge in [0.15, 0.2) is 5.79 Å². The van der Waals surface area contributed by atoms with E-state index in [2.05, 4.69) is 5.32 Å². The summed E-state index contributed by atoms with van der Waals surface area (Å²) in [5, 5.41) is 3.31. The van der Waals surface area contributed by atoms with E-state index in [0.29, 0.717) is 6.04 Å². The van der Waals surface area contributed by atoms with Crippen LogP contribution in [0, 0.1) is 0 Å². The van der Waals surface area contributed by atoms with Crippen LogP contribution < -0.4 is 5.32 Å². The van der Waals surface area contributed by atoms with Crippen LogP contribution in [0.5, 0.6) is 0 Å². The average Bonchev–Trinajstić information content (AvgIpc) is 2.20. The van der Waals surface area contributed by atoms with Gasteiger partial charge in [-0.15, -0.1) is 0 Å².